The zero-order chi connectivity index (χ0) is 14.8. The van der Waals surface area contributed by atoms with Crippen LogP contribution in [0.4, 0.5) is 0 Å². The molecule has 0 radical (unpaired) electrons. The second kappa shape index (κ2) is 8.94. The van der Waals surface area contributed by atoms with Crippen molar-refractivity contribution in [1.82, 2.24) is 10.6 Å². The minimum atomic E-state index is -0.296. The van der Waals surface area contributed by atoms with E-state index in [9.17, 15) is 9.59 Å². The van der Waals surface area contributed by atoms with Crippen molar-refractivity contribution in [3.05, 3.63) is 34.9 Å². The van der Waals surface area contributed by atoms with E-state index in [1.165, 1.54) is 0 Å². The molecule has 6 heteroatoms. The van der Waals surface area contributed by atoms with E-state index < -0.39 is 0 Å². The molecule has 106 valence electrons. The van der Waals surface area contributed by atoms with Crippen LogP contribution < -0.4 is 10.6 Å². The van der Waals surface area contributed by atoms with E-state index in [1.807, 2.05) is 18.2 Å². The molecular weight excluding hydrogens is 278 g/mol. The summed E-state index contributed by atoms with van der Waals surface area (Å²) in [5.74, 6) is -0.406. The fraction of sp³-hybridized carbons (Fsp3) is 0.357. The zero-order valence-corrected chi connectivity index (χ0v) is 11.7. The molecule has 0 bridgehead atoms. The number of rotatable bonds is 7. The van der Waals surface area contributed by atoms with Crippen LogP contribution in [0.3, 0.4) is 0 Å². The smallest absolute Gasteiger partial charge is 0.234 e. The van der Waals surface area contributed by atoms with Crippen LogP contribution in [0.5, 0.6) is 0 Å². The number of halogens is 1. The van der Waals surface area contributed by atoms with E-state index in [1.54, 1.807) is 12.1 Å². The predicted octanol–water partition coefficient (Wildman–Crippen LogP) is 1.42. The fourth-order valence-corrected chi connectivity index (χ4v) is 1.76. The number of amides is 2. The van der Waals surface area contributed by atoms with Gasteiger partial charge in [-0.3, -0.25) is 9.59 Å². The molecule has 20 heavy (non-hydrogen) atoms. The Morgan fingerprint density at radius 3 is 2.45 bits per heavy atom. The van der Waals surface area contributed by atoms with Gasteiger partial charge >= 0.3 is 0 Å². The third kappa shape index (κ3) is 6.21. The van der Waals surface area contributed by atoms with E-state index in [4.69, 9.17) is 16.9 Å². The summed E-state index contributed by atoms with van der Waals surface area (Å²) in [7, 11) is 0. The van der Waals surface area contributed by atoms with Crippen LogP contribution in [0.25, 0.3) is 0 Å². The Morgan fingerprint density at radius 1 is 1.15 bits per heavy atom. The Balaban J connectivity index is 2.17. The minimum Gasteiger partial charge on any atom is -0.356 e. The lowest BCUT2D eigenvalue weighted by Gasteiger charge is -2.07. The number of carbonyl (C=O) groups excluding carboxylic acids is 2. The van der Waals surface area contributed by atoms with Gasteiger partial charge in [-0.2, -0.15) is 5.26 Å². The molecule has 0 spiro atoms. The fourth-order valence-electron chi connectivity index (χ4n) is 1.56. The van der Waals surface area contributed by atoms with Gasteiger partial charge in [-0.05, 0) is 18.1 Å². The molecule has 5 nitrogen and oxygen atoms in total. The zero-order valence-electron chi connectivity index (χ0n) is 11.0. The molecule has 0 heterocycles. The summed E-state index contributed by atoms with van der Waals surface area (Å²) in [6, 6.07) is 8.97. The molecule has 2 N–H and O–H groups in total. The quantitative estimate of drug-likeness (QED) is 0.746. The summed E-state index contributed by atoms with van der Waals surface area (Å²) in [6.45, 7) is 0.906. The lowest BCUT2D eigenvalue weighted by atomic mass is 10.1. The van der Waals surface area contributed by atoms with Crippen LogP contribution in [0.1, 0.15) is 18.4 Å². The van der Waals surface area contributed by atoms with E-state index in [2.05, 4.69) is 10.6 Å². The highest BCUT2D eigenvalue weighted by Crippen LogP contribution is 2.15. The maximum atomic E-state index is 11.7. The van der Waals surface area contributed by atoms with Gasteiger partial charge in [0.1, 0.15) is 6.42 Å². The van der Waals surface area contributed by atoms with E-state index in [0.29, 0.717) is 24.5 Å². The van der Waals surface area contributed by atoms with Crippen molar-refractivity contribution in [2.75, 3.05) is 13.1 Å². The summed E-state index contributed by atoms with van der Waals surface area (Å²) in [5, 5.41) is 14.2. The van der Waals surface area contributed by atoms with Gasteiger partial charge in [0.2, 0.25) is 11.8 Å². The van der Waals surface area contributed by atoms with Crippen LogP contribution in [0, 0.1) is 11.3 Å². The Labute approximate surface area is 122 Å². The molecule has 1 aromatic rings. The van der Waals surface area contributed by atoms with Crippen LogP contribution in [-0.4, -0.2) is 24.9 Å². The molecule has 0 fully saturated rings. The topological polar surface area (TPSA) is 82.0 Å². The summed E-state index contributed by atoms with van der Waals surface area (Å²) < 4.78 is 0. The average molecular weight is 294 g/mol. The third-order valence-electron chi connectivity index (χ3n) is 2.55. The highest BCUT2D eigenvalue weighted by Gasteiger charge is 2.05. The molecule has 0 aliphatic carbocycles. The van der Waals surface area contributed by atoms with Crippen molar-refractivity contribution in [1.29, 1.82) is 5.26 Å². The molecule has 0 atom stereocenters. The molecule has 2 amide bonds. The first kappa shape index (κ1) is 16.0. The molecular formula is C14H16ClN3O2. The van der Waals surface area contributed by atoms with Crippen molar-refractivity contribution in [3.8, 4) is 6.07 Å². The van der Waals surface area contributed by atoms with Crippen molar-refractivity contribution in [2.24, 2.45) is 0 Å². The number of carbonyl (C=O) groups is 2. The first-order valence-corrected chi connectivity index (χ1v) is 6.65. The first-order chi connectivity index (χ1) is 9.63. The molecule has 0 saturated carbocycles. The summed E-state index contributed by atoms with van der Waals surface area (Å²) in [4.78, 5) is 22.6. The predicted molar refractivity (Wildman–Crippen MR) is 76.0 cm³/mol. The molecule has 0 unspecified atom stereocenters. The molecule has 0 aromatic heterocycles. The van der Waals surface area contributed by atoms with Crippen LogP contribution in [0.15, 0.2) is 24.3 Å². The molecule has 1 rings (SSSR count). The summed E-state index contributed by atoms with van der Waals surface area (Å²) in [5.41, 5.74) is 0.786. The Morgan fingerprint density at radius 2 is 1.80 bits per heavy atom. The number of nitrogens with one attached hydrogen (secondary N) is 2. The van der Waals surface area contributed by atoms with Gasteiger partial charge in [0, 0.05) is 18.1 Å². The van der Waals surface area contributed by atoms with E-state index >= 15 is 0 Å². The third-order valence-corrected chi connectivity index (χ3v) is 2.92. The Hall–Kier alpha value is -2.06. The SMILES string of the molecule is N#CCC(=O)NCCCNC(=O)Cc1ccccc1Cl. The normalized spacial score (nSPS) is 9.60. The first-order valence-electron chi connectivity index (χ1n) is 6.27. The maximum Gasteiger partial charge on any atom is 0.234 e. The highest BCUT2D eigenvalue weighted by molar-refractivity contribution is 6.31. The van der Waals surface area contributed by atoms with Crippen molar-refractivity contribution in [3.63, 3.8) is 0 Å². The highest BCUT2D eigenvalue weighted by atomic mass is 35.5. The molecule has 0 saturated heterocycles. The Kier molecular flexibility index (Phi) is 7.15. The minimum absolute atomic E-state index is 0.110. The average Bonchev–Trinajstić information content (AvgIpc) is 2.41. The van der Waals surface area contributed by atoms with Crippen LogP contribution in [-0.2, 0) is 16.0 Å². The largest absolute Gasteiger partial charge is 0.356 e. The summed E-state index contributed by atoms with van der Waals surface area (Å²) in [6.07, 6.45) is 0.713. The van der Waals surface area contributed by atoms with Crippen LogP contribution >= 0.6 is 11.6 Å². The standard InChI is InChI=1S/C14H16ClN3O2/c15-12-5-2-1-4-11(12)10-14(20)18-9-3-8-17-13(19)6-7-16/h1-2,4-5H,3,6,8-10H2,(H,17,19)(H,18,20). The van der Waals surface area contributed by atoms with Crippen LogP contribution in [0.2, 0.25) is 5.02 Å². The second-order valence-electron chi connectivity index (χ2n) is 4.16. The van der Waals surface area contributed by atoms with Gasteiger partial charge in [-0.25, -0.2) is 0 Å². The van der Waals surface area contributed by atoms with Crippen molar-refractivity contribution in [2.45, 2.75) is 19.3 Å². The van der Waals surface area contributed by atoms with Gasteiger partial charge in [-0.1, -0.05) is 29.8 Å². The molecule has 0 aliphatic rings. The number of nitriles is 1. The number of nitrogens with zero attached hydrogens (tertiary/aromatic N) is 1. The van der Waals surface area contributed by atoms with Gasteiger partial charge in [-0.15, -0.1) is 0 Å². The molecule has 1 aromatic carbocycles. The second-order valence-corrected chi connectivity index (χ2v) is 4.56. The van der Waals surface area contributed by atoms with Crippen molar-refractivity contribution < 1.29 is 9.59 Å². The van der Waals surface area contributed by atoms with Gasteiger partial charge in [0.25, 0.3) is 0 Å². The number of hydrogen-bond acceptors (Lipinski definition) is 3. The number of benzene rings is 1. The van der Waals surface area contributed by atoms with E-state index in [-0.39, 0.29) is 24.7 Å². The lowest BCUT2D eigenvalue weighted by Crippen LogP contribution is -2.30. The van der Waals surface area contributed by atoms with Gasteiger partial charge < -0.3 is 10.6 Å². The van der Waals surface area contributed by atoms with Crippen molar-refractivity contribution >= 4 is 23.4 Å². The molecule has 0 aliphatic heterocycles. The number of hydrogen-bond donors (Lipinski definition) is 2. The van der Waals surface area contributed by atoms with Gasteiger partial charge in [0.15, 0.2) is 0 Å². The summed E-state index contributed by atoms with van der Waals surface area (Å²) >= 11 is 5.96. The Bertz CT molecular complexity index is 511. The monoisotopic (exact) mass is 293 g/mol. The lowest BCUT2D eigenvalue weighted by molar-refractivity contribution is -0.120. The maximum absolute atomic E-state index is 11.7. The van der Waals surface area contributed by atoms with E-state index in [0.717, 1.165) is 5.56 Å². The van der Waals surface area contributed by atoms with Gasteiger partial charge in [0.05, 0.1) is 12.5 Å².